The Labute approximate surface area is 160 Å². The molecule has 0 spiro atoms. The third kappa shape index (κ3) is 4.99. The van der Waals surface area contributed by atoms with Crippen LogP contribution in [-0.2, 0) is 19.9 Å². The molecule has 0 N–H and O–H groups in total. The van der Waals surface area contributed by atoms with Gasteiger partial charge >= 0.3 is 0 Å². The van der Waals surface area contributed by atoms with Gasteiger partial charge in [0.1, 0.15) is 9.84 Å². The molecule has 0 aromatic heterocycles. The van der Waals surface area contributed by atoms with Crippen LogP contribution in [-0.4, -0.2) is 89.6 Å². The van der Waals surface area contributed by atoms with Crippen molar-refractivity contribution in [2.75, 3.05) is 61.3 Å². The highest BCUT2D eigenvalue weighted by Crippen LogP contribution is 2.25. The number of sulfone groups is 1. The molecule has 0 radical (unpaired) electrons. The van der Waals surface area contributed by atoms with Crippen molar-refractivity contribution < 1.29 is 21.6 Å². The van der Waals surface area contributed by atoms with E-state index < -0.39 is 19.9 Å². The van der Waals surface area contributed by atoms with Crippen LogP contribution in [0.25, 0.3) is 0 Å². The lowest BCUT2D eigenvalue weighted by Crippen LogP contribution is -2.49. The topological polar surface area (TPSA) is 95.1 Å². The minimum absolute atomic E-state index is 0.118. The molecule has 2 fully saturated rings. The van der Waals surface area contributed by atoms with E-state index in [0.717, 1.165) is 0 Å². The fraction of sp³-hybridized carbons (Fsp3) is 0.588. The predicted octanol–water partition coefficient (Wildman–Crippen LogP) is 0.0289. The van der Waals surface area contributed by atoms with Crippen molar-refractivity contribution >= 4 is 31.5 Å². The quantitative estimate of drug-likeness (QED) is 0.673. The molecule has 10 heteroatoms. The Kier molecular flexibility index (Phi) is 5.78. The Hall–Kier alpha value is -1.65. The van der Waals surface area contributed by atoms with Crippen molar-refractivity contribution in [2.24, 2.45) is 0 Å². The molecule has 0 unspecified atom stereocenters. The zero-order chi connectivity index (χ0) is 19.7. The smallest absolute Gasteiger partial charge is 0.254 e. The molecule has 1 amide bonds. The molecule has 2 heterocycles. The number of amides is 1. The van der Waals surface area contributed by atoms with E-state index in [1.807, 2.05) is 4.90 Å². The number of carbonyl (C=O) groups is 1. The highest BCUT2D eigenvalue weighted by atomic mass is 32.2. The summed E-state index contributed by atoms with van der Waals surface area (Å²) in [5.74, 6) is 0.129. The second-order valence-electron chi connectivity index (χ2n) is 7.06. The monoisotopic (exact) mass is 415 g/mol. The van der Waals surface area contributed by atoms with Crippen LogP contribution in [0.4, 0.5) is 5.69 Å². The maximum Gasteiger partial charge on any atom is 0.254 e. The molecule has 2 saturated heterocycles. The summed E-state index contributed by atoms with van der Waals surface area (Å²) in [5, 5.41) is 0. The first-order chi connectivity index (χ1) is 12.7. The van der Waals surface area contributed by atoms with Crippen LogP contribution in [0, 0.1) is 0 Å². The molecule has 1 aromatic carbocycles. The van der Waals surface area contributed by atoms with Gasteiger partial charge < -0.3 is 4.90 Å². The van der Waals surface area contributed by atoms with E-state index in [1.54, 1.807) is 29.2 Å². The van der Waals surface area contributed by atoms with Crippen LogP contribution in [0.5, 0.6) is 0 Å². The molecule has 2 aliphatic rings. The Balaban J connectivity index is 1.63. The molecule has 150 valence electrons. The second-order valence-corrected chi connectivity index (χ2v) is 11.3. The first kappa shape index (κ1) is 20.1. The Morgan fingerprint density at radius 1 is 1.11 bits per heavy atom. The van der Waals surface area contributed by atoms with Crippen LogP contribution < -0.4 is 4.31 Å². The second kappa shape index (κ2) is 7.76. The van der Waals surface area contributed by atoms with E-state index in [4.69, 9.17) is 0 Å². The normalized spacial score (nSPS) is 20.8. The lowest BCUT2D eigenvalue weighted by Gasteiger charge is -2.34. The molecule has 2 aliphatic heterocycles. The number of piperazine rings is 1. The third-order valence-corrected chi connectivity index (χ3v) is 7.71. The van der Waals surface area contributed by atoms with Crippen LogP contribution in [0.3, 0.4) is 0 Å². The van der Waals surface area contributed by atoms with Gasteiger partial charge in [0, 0.05) is 51.1 Å². The molecule has 3 rings (SSSR count). The van der Waals surface area contributed by atoms with Crippen molar-refractivity contribution in [3.8, 4) is 0 Å². The van der Waals surface area contributed by atoms with Crippen molar-refractivity contribution in [1.82, 2.24) is 9.80 Å². The summed E-state index contributed by atoms with van der Waals surface area (Å²) < 4.78 is 48.1. The highest BCUT2D eigenvalue weighted by Gasteiger charge is 2.29. The first-order valence-corrected chi connectivity index (χ1v) is 12.6. The van der Waals surface area contributed by atoms with Crippen molar-refractivity contribution in [3.63, 3.8) is 0 Å². The molecule has 0 aliphatic carbocycles. The van der Waals surface area contributed by atoms with Crippen LogP contribution in [0.15, 0.2) is 24.3 Å². The number of benzene rings is 1. The van der Waals surface area contributed by atoms with Crippen molar-refractivity contribution in [3.05, 3.63) is 29.8 Å². The van der Waals surface area contributed by atoms with Gasteiger partial charge in [-0.3, -0.25) is 14.0 Å². The van der Waals surface area contributed by atoms with Crippen LogP contribution in [0.2, 0.25) is 0 Å². The highest BCUT2D eigenvalue weighted by molar-refractivity contribution is 7.93. The molecule has 0 atom stereocenters. The van der Waals surface area contributed by atoms with E-state index in [1.165, 1.54) is 10.6 Å². The summed E-state index contributed by atoms with van der Waals surface area (Å²) in [7, 11) is -6.28. The minimum atomic E-state index is -3.28. The zero-order valence-electron chi connectivity index (χ0n) is 15.4. The van der Waals surface area contributed by atoms with E-state index in [2.05, 4.69) is 0 Å². The number of rotatable bonds is 5. The third-order valence-electron chi connectivity index (χ3n) is 4.92. The molecular formula is C17H25N3O5S2. The Morgan fingerprint density at radius 3 is 2.41 bits per heavy atom. The number of carbonyl (C=O) groups excluding carboxylic acids is 1. The summed E-state index contributed by atoms with van der Waals surface area (Å²) in [6.45, 7) is 3.22. The largest absolute Gasteiger partial charge is 0.336 e. The van der Waals surface area contributed by atoms with E-state index >= 15 is 0 Å². The van der Waals surface area contributed by atoms with Crippen molar-refractivity contribution in [1.29, 1.82) is 0 Å². The van der Waals surface area contributed by atoms with Gasteiger partial charge in [0.2, 0.25) is 10.0 Å². The van der Waals surface area contributed by atoms with Crippen LogP contribution in [0.1, 0.15) is 16.8 Å². The zero-order valence-corrected chi connectivity index (χ0v) is 17.0. The SMILES string of the molecule is CS(=O)(=O)CCN1CCN(C(=O)c2cccc(N3CCCS3(=O)=O)c2)CC1. The van der Waals surface area contributed by atoms with Gasteiger partial charge in [-0.1, -0.05) is 6.07 Å². The average Bonchev–Trinajstić information content (AvgIpc) is 2.98. The van der Waals surface area contributed by atoms with E-state index in [9.17, 15) is 21.6 Å². The van der Waals surface area contributed by atoms with Gasteiger partial charge in [-0.25, -0.2) is 16.8 Å². The lowest BCUT2D eigenvalue weighted by atomic mass is 10.1. The maximum absolute atomic E-state index is 12.8. The van der Waals surface area contributed by atoms with E-state index in [0.29, 0.717) is 56.9 Å². The molecule has 0 bridgehead atoms. The Bertz CT molecular complexity index is 906. The number of sulfonamides is 1. The van der Waals surface area contributed by atoms with Crippen LogP contribution >= 0.6 is 0 Å². The first-order valence-electron chi connectivity index (χ1n) is 8.95. The maximum atomic E-state index is 12.8. The standard InChI is InChI=1S/C17H25N3O5S2/c1-26(22,23)13-11-18-7-9-19(10-8-18)17(21)15-4-2-5-16(14-15)20-6-3-12-27(20,24)25/h2,4-5,14H,3,6-13H2,1H3. The molecular weight excluding hydrogens is 390 g/mol. The van der Waals surface area contributed by atoms with Gasteiger partial charge in [-0.15, -0.1) is 0 Å². The summed E-state index contributed by atoms with van der Waals surface area (Å²) in [6.07, 6.45) is 1.82. The minimum Gasteiger partial charge on any atom is -0.336 e. The number of hydrogen-bond acceptors (Lipinski definition) is 6. The molecule has 27 heavy (non-hydrogen) atoms. The summed E-state index contributed by atoms with van der Waals surface area (Å²) >= 11 is 0. The van der Waals surface area contributed by atoms with Gasteiger partial charge in [0.25, 0.3) is 5.91 Å². The number of nitrogens with zero attached hydrogens (tertiary/aromatic N) is 3. The fourth-order valence-electron chi connectivity index (χ4n) is 3.38. The lowest BCUT2D eigenvalue weighted by molar-refractivity contribution is 0.0644. The van der Waals surface area contributed by atoms with Crippen molar-refractivity contribution in [2.45, 2.75) is 6.42 Å². The summed E-state index contributed by atoms with van der Waals surface area (Å²) in [5.41, 5.74) is 1.00. The number of hydrogen-bond donors (Lipinski definition) is 0. The van der Waals surface area contributed by atoms with Gasteiger partial charge in [-0.05, 0) is 24.6 Å². The average molecular weight is 416 g/mol. The molecule has 0 saturated carbocycles. The van der Waals surface area contributed by atoms with Gasteiger partial charge in [0.05, 0.1) is 17.2 Å². The fourth-order valence-corrected chi connectivity index (χ4v) is 5.52. The number of anilines is 1. The van der Waals surface area contributed by atoms with E-state index in [-0.39, 0.29) is 17.4 Å². The summed E-state index contributed by atoms with van der Waals surface area (Å²) in [6, 6.07) is 6.76. The Morgan fingerprint density at radius 2 is 1.81 bits per heavy atom. The molecule has 1 aromatic rings. The molecule has 8 nitrogen and oxygen atoms in total. The summed E-state index contributed by atoms with van der Waals surface area (Å²) in [4.78, 5) is 16.6. The van der Waals surface area contributed by atoms with Gasteiger partial charge in [0.15, 0.2) is 0 Å². The van der Waals surface area contributed by atoms with Gasteiger partial charge in [-0.2, -0.15) is 0 Å². The predicted molar refractivity (Wildman–Crippen MR) is 104 cm³/mol.